The molecule has 0 saturated carbocycles. The number of carbonyl (C=O) groups is 4. The summed E-state index contributed by atoms with van der Waals surface area (Å²) in [5.74, 6) is -0.0459. The van der Waals surface area contributed by atoms with Crippen LogP contribution in [-0.4, -0.2) is 35.2 Å². The molecule has 8 heteroatoms. The number of carbonyl (C=O) groups excluding carboxylic acids is 4. The molecular formula is C32H22N2O6. The van der Waals surface area contributed by atoms with E-state index < -0.39 is 5.91 Å². The molecule has 0 aliphatic carbocycles. The Morgan fingerprint density at radius 2 is 1.48 bits per heavy atom. The average molecular weight is 531 g/mol. The van der Waals surface area contributed by atoms with Crippen molar-refractivity contribution in [2.75, 3.05) is 12.1 Å². The van der Waals surface area contributed by atoms with Crippen molar-refractivity contribution in [1.29, 1.82) is 0 Å². The van der Waals surface area contributed by atoms with Crippen LogP contribution < -0.4 is 14.8 Å². The van der Waals surface area contributed by atoms with Gasteiger partial charge in [0.25, 0.3) is 17.7 Å². The van der Waals surface area contributed by atoms with Crippen LogP contribution in [0.4, 0.5) is 5.69 Å². The summed E-state index contributed by atoms with van der Waals surface area (Å²) in [4.78, 5) is 52.6. The summed E-state index contributed by atoms with van der Waals surface area (Å²) < 4.78 is 10.7. The summed E-state index contributed by atoms with van der Waals surface area (Å²) in [6.45, 7) is 0.154. The van der Waals surface area contributed by atoms with Gasteiger partial charge in [-0.25, -0.2) is 0 Å². The third kappa shape index (κ3) is 4.74. The van der Waals surface area contributed by atoms with Crippen LogP contribution in [0.5, 0.6) is 11.5 Å². The molecule has 3 amide bonds. The largest absolute Gasteiger partial charge is 0.454 e. The van der Waals surface area contributed by atoms with E-state index >= 15 is 0 Å². The van der Waals surface area contributed by atoms with Crippen molar-refractivity contribution in [3.63, 3.8) is 0 Å². The second-order valence-corrected chi connectivity index (χ2v) is 9.24. The minimum absolute atomic E-state index is 0.0287. The SMILES string of the molecule is O=C(/C=C/c1ccc2c(c1)OCO2)c1ccc(NC(=O)c2ccccc2CN2C(=O)c3ccccc3C2=O)cc1. The molecular weight excluding hydrogens is 508 g/mol. The third-order valence-electron chi connectivity index (χ3n) is 6.72. The van der Waals surface area contributed by atoms with Crippen LogP contribution in [0.15, 0.2) is 97.1 Å². The van der Waals surface area contributed by atoms with E-state index in [1.807, 2.05) is 6.07 Å². The Labute approximate surface area is 229 Å². The van der Waals surface area contributed by atoms with E-state index in [4.69, 9.17) is 9.47 Å². The lowest BCUT2D eigenvalue weighted by atomic mass is 10.1. The van der Waals surface area contributed by atoms with Crippen molar-refractivity contribution in [2.24, 2.45) is 0 Å². The van der Waals surface area contributed by atoms with Crippen molar-refractivity contribution in [3.8, 4) is 11.5 Å². The number of fused-ring (bicyclic) bond motifs is 2. The molecule has 4 aromatic rings. The van der Waals surface area contributed by atoms with Crippen LogP contribution in [0.2, 0.25) is 0 Å². The first-order valence-electron chi connectivity index (χ1n) is 12.5. The van der Waals surface area contributed by atoms with Crippen LogP contribution >= 0.6 is 0 Å². The Morgan fingerprint density at radius 3 is 2.23 bits per heavy atom. The maximum atomic E-state index is 13.2. The zero-order valence-corrected chi connectivity index (χ0v) is 21.1. The number of nitrogens with zero attached hydrogens (tertiary/aromatic N) is 1. The molecule has 8 nitrogen and oxygen atoms in total. The quantitative estimate of drug-likeness (QED) is 0.196. The molecule has 2 heterocycles. The van der Waals surface area contributed by atoms with Crippen molar-refractivity contribution in [1.82, 2.24) is 4.90 Å². The van der Waals surface area contributed by atoms with Gasteiger partial charge in [0.1, 0.15) is 0 Å². The number of amides is 3. The molecule has 0 saturated heterocycles. The molecule has 2 aliphatic heterocycles. The third-order valence-corrected chi connectivity index (χ3v) is 6.72. The predicted molar refractivity (Wildman–Crippen MR) is 147 cm³/mol. The van der Waals surface area contributed by atoms with Gasteiger partial charge in [-0.2, -0.15) is 0 Å². The Kier molecular flexibility index (Phi) is 6.41. The van der Waals surface area contributed by atoms with Crippen molar-refractivity contribution in [3.05, 3.63) is 130 Å². The maximum absolute atomic E-state index is 13.2. The number of rotatable bonds is 7. The Hall–Kier alpha value is -5.50. The van der Waals surface area contributed by atoms with E-state index in [-0.39, 0.29) is 30.9 Å². The van der Waals surface area contributed by atoms with Crippen LogP contribution in [0.3, 0.4) is 0 Å². The summed E-state index contributed by atoms with van der Waals surface area (Å²) in [5.41, 5.74) is 3.35. The molecule has 4 aromatic carbocycles. The lowest BCUT2D eigenvalue weighted by molar-refractivity contribution is 0.0640. The van der Waals surface area contributed by atoms with Gasteiger partial charge >= 0.3 is 0 Å². The van der Waals surface area contributed by atoms with Gasteiger partial charge in [0, 0.05) is 16.8 Å². The Balaban J connectivity index is 1.12. The average Bonchev–Trinajstić information content (AvgIpc) is 3.55. The number of allylic oxidation sites excluding steroid dienone is 1. The van der Waals surface area contributed by atoms with E-state index in [9.17, 15) is 19.2 Å². The highest BCUT2D eigenvalue weighted by molar-refractivity contribution is 6.21. The van der Waals surface area contributed by atoms with Gasteiger partial charge < -0.3 is 14.8 Å². The maximum Gasteiger partial charge on any atom is 0.261 e. The van der Waals surface area contributed by atoms with Gasteiger partial charge in [0.2, 0.25) is 6.79 Å². The fourth-order valence-corrected chi connectivity index (χ4v) is 4.63. The first kappa shape index (κ1) is 24.8. The topological polar surface area (TPSA) is 102 Å². The van der Waals surface area contributed by atoms with Gasteiger partial charge in [0.15, 0.2) is 17.3 Å². The zero-order chi connectivity index (χ0) is 27.6. The number of ketones is 1. The first-order valence-corrected chi connectivity index (χ1v) is 12.5. The van der Waals surface area contributed by atoms with Crippen LogP contribution in [0.25, 0.3) is 6.08 Å². The van der Waals surface area contributed by atoms with Crippen molar-refractivity contribution < 1.29 is 28.7 Å². The summed E-state index contributed by atoms with van der Waals surface area (Å²) in [5, 5.41) is 2.83. The highest BCUT2D eigenvalue weighted by Gasteiger charge is 2.35. The monoisotopic (exact) mass is 530 g/mol. The van der Waals surface area contributed by atoms with E-state index in [0.717, 1.165) is 10.5 Å². The molecule has 40 heavy (non-hydrogen) atoms. The van der Waals surface area contributed by atoms with Crippen LogP contribution in [0.1, 0.15) is 52.6 Å². The van der Waals surface area contributed by atoms with Crippen molar-refractivity contribution in [2.45, 2.75) is 6.54 Å². The lowest BCUT2D eigenvalue weighted by Crippen LogP contribution is -2.30. The number of anilines is 1. The highest BCUT2D eigenvalue weighted by atomic mass is 16.7. The normalized spacial score (nSPS) is 13.6. The summed E-state index contributed by atoms with van der Waals surface area (Å²) in [6, 6.07) is 25.5. The summed E-state index contributed by atoms with van der Waals surface area (Å²) in [7, 11) is 0. The minimum atomic E-state index is -0.394. The summed E-state index contributed by atoms with van der Waals surface area (Å²) >= 11 is 0. The molecule has 0 radical (unpaired) electrons. The fourth-order valence-electron chi connectivity index (χ4n) is 4.63. The fraction of sp³-hybridized carbons (Fsp3) is 0.0625. The molecule has 6 rings (SSSR count). The Morgan fingerprint density at radius 1 is 0.800 bits per heavy atom. The minimum Gasteiger partial charge on any atom is -0.454 e. The molecule has 0 unspecified atom stereocenters. The number of benzene rings is 4. The van der Waals surface area contributed by atoms with E-state index in [1.54, 1.807) is 91.0 Å². The molecule has 196 valence electrons. The standard InChI is InChI=1S/C32H22N2O6/c35-27(15-9-20-10-16-28-29(17-20)40-19-39-28)21-11-13-23(14-12-21)33-30(36)24-6-2-1-5-22(24)18-34-31(37)25-7-3-4-8-26(25)32(34)38/h1-17H,18-19H2,(H,33,36)/b15-9+. The number of hydrogen-bond acceptors (Lipinski definition) is 6. The predicted octanol–water partition coefficient (Wildman–Crippen LogP) is 5.36. The van der Waals surface area contributed by atoms with E-state index in [2.05, 4.69) is 5.32 Å². The highest BCUT2D eigenvalue weighted by Crippen LogP contribution is 2.33. The zero-order valence-electron chi connectivity index (χ0n) is 21.1. The number of nitrogens with one attached hydrogen (secondary N) is 1. The summed E-state index contributed by atoms with van der Waals surface area (Å²) in [6.07, 6.45) is 3.17. The number of ether oxygens (including phenoxy) is 2. The lowest BCUT2D eigenvalue weighted by Gasteiger charge is -2.16. The molecule has 0 spiro atoms. The molecule has 0 atom stereocenters. The molecule has 0 fully saturated rings. The van der Waals surface area contributed by atoms with Gasteiger partial charge in [0.05, 0.1) is 17.7 Å². The smallest absolute Gasteiger partial charge is 0.261 e. The second-order valence-electron chi connectivity index (χ2n) is 9.24. The number of hydrogen-bond donors (Lipinski definition) is 1. The van der Waals surface area contributed by atoms with E-state index in [0.29, 0.717) is 45.0 Å². The van der Waals surface area contributed by atoms with Gasteiger partial charge in [-0.3, -0.25) is 24.1 Å². The molecule has 2 aliphatic rings. The van der Waals surface area contributed by atoms with E-state index in [1.165, 1.54) is 6.08 Å². The van der Waals surface area contributed by atoms with Crippen LogP contribution in [0, 0.1) is 0 Å². The molecule has 0 bridgehead atoms. The first-order chi connectivity index (χ1) is 19.5. The van der Waals surface area contributed by atoms with Gasteiger partial charge in [-0.15, -0.1) is 0 Å². The molecule has 1 N–H and O–H groups in total. The van der Waals surface area contributed by atoms with Gasteiger partial charge in [-0.1, -0.05) is 42.5 Å². The van der Waals surface area contributed by atoms with Crippen LogP contribution in [-0.2, 0) is 6.54 Å². The number of imide groups is 1. The van der Waals surface area contributed by atoms with Gasteiger partial charge in [-0.05, 0) is 71.8 Å². The molecule has 0 aromatic heterocycles. The van der Waals surface area contributed by atoms with Crippen molar-refractivity contribution >= 4 is 35.3 Å². The second kappa shape index (κ2) is 10.3. The Bertz CT molecular complexity index is 1670.